The second-order valence-corrected chi connectivity index (χ2v) is 24.6. The van der Waals surface area contributed by atoms with Crippen molar-refractivity contribution in [1.82, 2.24) is 0 Å². The molecule has 0 fully saturated rings. The van der Waals surface area contributed by atoms with Crippen molar-refractivity contribution >= 4 is 23.9 Å². The molecule has 0 aliphatic carbocycles. The number of hydrogen-bond acceptors (Lipinski definition) is 8. The topological polar surface area (TPSA) is 105 Å². The molecule has 0 aliphatic heterocycles. The zero-order valence-corrected chi connectivity index (χ0v) is 57.7. The van der Waals surface area contributed by atoms with Crippen LogP contribution in [0.4, 0.5) is 0 Å². The highest BCUT2D eigenvalue weighted by atomic mass is 16.5. The van der Waals surface area contributed by atoms with Crippen LogP contribution in [0.1, 0.15) is 389 Å². The number of esters is 4. The van der Waals surface area contributed by atoms with E-state index in [0.717, 1.165) is 25.7 Å². The van der Waals surface area contributed by atoms with E-state index in [0.29, 0.717) is 48.7 Å². The number of carbonyl (C=O) groups excluding carboxylic acids is 4. The first-order valence-corrected chi connectivity index (χ1v) is 36.0. The maximum Gasteiger partial charge on any atom is 0.333 e. The molecule has 8 nitrogen and oxygen atoms in total. The summed E-state index contributed by atoms with van der Waals surface area (Å²) in [4.78, 5) is 44.5. The van der Waals surface area contributed by atoms with E-state index in [1.54, 1.807) is 27.7 Å². The zero-order chi connectivity index (χ0) is 63.0. The number of ether oxygens (including phenoxy) is 4. The van der Waals surface area contributed by atoms with Crippen molar-refractivity contribution in [2.75, 3.05) is 26.4 Å². The minimum absolute atomic E-state index is 0.254. The van der Waals surface area contributed by atoms with Crippen LogP contribution in [-0.4, -0.2) is 50.3 Å². The third-order valence-electron chi connectivity index (χ3n) is 15.3. The fourth-order valence-corrected chi connectivity index (χ4v) is 9.63. The molecule has 496 valence electrons. The molecule has 8 heteroatoms. The van der Waals surface area contributed by atoms with E-state index >= 15 is 0 Å². The molecule has 0 amide bonds. The Kier molecular flexibility index (Phi) is 78.9. The fraction of sp³-hybridized carbons (Fsp3) is 0.842. The number of rotatable bonds is 60. The Morgan fingerprint density at radius 2 is 0.286 bits per heavy atom. The summed E-state index contributed by atoms with van der Waals surface area (Å²) < 4.78 is 20.2. The van der Waals surface area contributed by atoms with Gasteiger partial charge in [0.25, 0.3) is 0 Å². The largest absolute Gasteiger partial charge is 0.462 e. The summed E-state index contributed by atoms with van der Waals surface area (Å²) >= 11 is 0. The van der Waals surface area contributed by atoms with Gasteiger partial charge in [0.1, 0.15) is 0 Å². The SMILES string of the molecule is C=C(C)C(=O)OCCCCCCCCCCCC.C=C(C)C(=O)OCCCCCCCCCCCCCC.C=C(C)C(=O)OCCCCCCCCCCCCCCCC.C=C(C)C(=O)OCCCCCCCCCCCCCCCCCC. The van der Waals surface area contributed by atoms with Crippen LogP contribution in [0.5, 0.6) is 0 Å². The van der Waals surface area contributed by atoms with Crippen molar-refractivity contribution in [3.8, 4) is 0 Å². The molecule has 0 aromatic heterocycles. The predicted octanol–water partition coefficient (Wildman–Crippen LogP) is 24.8. The zero-order valence-electron chi connectivity index (χ0n) is 57.7. The quantitative estimate of drug-likeness (QED) is 0.0257. The van der Waals surface area contributed by atoms with E-state index in [4.69, 9.17) is 18.9 Å². The monoisotopic (exact) mass is 1190 g/mol. The minimum Gasteiger partial charge on any atom is -0.462 e. The van der Waals surface area contributed by atoms with Gasteiger partial charge < -0.3 is 18.9 Å². The van der Waals surface area contributed by atoms with Crippen LogP contribution in [0.15, 0.2) is 48.6 Å². The molecule has 0 atom stereocenters. The lowest BCUT2D eigenvalue weighted by Crippen LogP contribution is -2.05. The Morgan fingerprint density at radius 1 is 0.190 bits per heavy atom. The molecule has 0 rings (SSSR count). The van der Waals surface area contributed by atoms with Gasteiger partial charge in [-0.15, -0.1) is 0 Å². The smallest absolute Gasteiger partial charge is 0.333 e. The van der Waals surface area contributed by atoms with Crippen LogP contribution in [-0.2, 0) is 38.1 Å². The highest BCUT2D eigenvalue weighted by Crippen LogP contribution is 2.17. The van der Waals surface area contributed by atoms with Crippen LogP contribution < -0.4 is 0 Å². The van der Waals surface area contributed by atoms with Gasteiger partial charge in [0, 0.05) is 22.3 Å². The molecule has 0 spiro atoms. The summed E-state index contributed by atoms with van der Waals surface area (Å²) in [6.45, 7) is 32.2. The van der Waals surface area contributed by atoms with Crippen LogP contribution in [0.25, 0.3) is 0 Å². The van der Waals surface area contributed by atoms with Crippen LogP contribution in [0.3, 0.4) is 0 Å². The van der Waals surface area contributed by atoms with Crippen molar-refractivity contribution in [3.05, 3.63) is 48.6 Å². The van der Waals surface area contributed by atoms with Crippen molar-refractivity contribution in [1.29, 1.82) is 0 Å². The lowest BCUT2D eigenvalue weighted by atomic mass is 10.0. The molecule has 0 aromatic rings. The van der Waals surface area contributed by atoms with Crippen molar-refractivity contribution in [2.45, 2.75) is 389 Å². The lowest BCUT2D eigenvalue weighted by Gasteiger charge is -2.05. The molecular formula is C76H144O8. The van der Waals surface area contributed by atoms with Gasteiger partial charge in [0.15, 0.2) is 0 Å². The predicted molar refractivity (Wildman–Crippen MR) is 366 cm³/mol. The molecular weight excluding hydrogens is 1040 g/mol. The Labute approximate surface area is 523 Å². The van der Waals surface area contributed by atoms with Gasteiger partial charge in [-0.2, -0.15) is 0 Å². The maximum absolute atomic E-state index is 11.2. The standard InChI is InChI=1S/C22H42O2.C20H38O2.C18H34O2.C16H30O2/c1-4-5-6-7-8-9-10-11-12-13-14-15-16-17-18-19-20-24-22(23)21(2)3;1-4-5-6-7-8-9-10-11-12-13-14-15-16-17-18-22-20(21)19(2)3;1-4-5-6-7-8-9-10-11-12-13-14-15-16-20-18(19)17(2)3;1-4-5-6-7-8-9-10-11-12-13-14-18-16(17)15(2)3/h2,4-20H2,1,3H3;2,4-18H2,1,3H3;2,4-16H2,1,3H3;2,4-14H2,1,3H3. The molecule has 84 heavy (non-hydrogen) atoms. The van der Waals surface area contributed by atoms with E-state index in [2.05, 4.69) is 54.0 Å². The van der Waals surface area contributed by atoms with E-state index < -0.39 is 0 Å². The molecule has 0 saturated heterocycles. The Balaban J connectivity index is -0.000000511. The number of carbonyl (C=O) groups is 4. The highest BCUT2D eigenvalue weighted by Gasteiger charge is 2.06. The minimum atomic E-state index is -0.258. The lowest BCUT2D eigenvalue weighted by molar-refractivity contribution is -0.139. The first kappa shape index (κ1) is 87.3. The third-order valence-corrected chi connectivity index (χ3v) is 15.3. The molecule has 0 aromatic carbocycles. The van der Waals surface area contributed by atoms with Gasteiger partial charge in [-0.1, -0.05) is 362 Å². The average molecular weight is 1190 g/mol. The van der Waals surface area contributed by atoms with E-state index in [9.17, 15) is 19.2 Å². The molecule has 0 bridgehead atoms. The van der Waals surface area contributed by atoms with Gasteiger partial charge in [0.2, 0.25) is 0 Å². The van der Waals surface area contributed by atoms with E-state index in [-0.39, 0.29) is 23.9 Å². The Hall–Kier alpha value is -3.16. The van der Waals surface area contributed by atoms with Crippen LogP contribution >= 0.6 is 0 Å². The number of hydrogen-bond donors (Lipinski definition) is 0. The molecule has 0 unspecified atom stereocenters. The van der Waals surface area contributed by atoms with Gasteiger partial charge in [0.05, 0.1) is 26.4 Å². The van der Waals surface area contributed by atoms with Gasteiger partial charge in [-0.25, -0.2) is 19.2 Å². The van der Waals surface area contributed by atoms with E-state index in [1.807, 2.05) is 0 Å². The third kappa shape index (κ3) is 80.9. The first-order chi connectivity index (χ1) is 40.7. The normalized spacial score (nSPS) is 10.6. The molecule has 0 N–H and O–H groups in total. The first-order valence-electron chi connectivity index (χ1n) is 36.0. The summed E-state index contributed by atoms with van der Waals surface area (Å²) in [5.74, 6) is -1.02. The van der Waals surface area contributed by atoms with Crippen molar-refractivity contribution < 1.29 is 38.1 Å². The molecule has 0 heterocycles. The fourth-order valence-electron chi connectivity index (χ4n) is 9.63. The average Bonchev–Trinajstić information content (AvgIpc) is 3.47. The summed E-state index contributed by atoms with van der Waals surface area (Å²) in [6, 6.07) is 0. The maximum atomic E-state index is 11.2. The second-order valence-electron chi connectivity index (χ2n) is 24.6. The highest BCUT2D eigenvalue weighted by molar-refractivity contribution is 5.88. The van der Waals surface area contributed by atoms with Crippen molar-refractivity contribution in [2.24, 2.45) is 0 Å². The summed E-state index contributed by atoms with van der Waals surface area (Å²) in [6.07, 6.45) is 69.4. The Bertz CT molecular complexity index is 1470. The Morgan fingerprint density at radius 3 is 0.381 bits per heavy atom. The second kappa shape index (κ2) is 75.9. The van der Waals surface area contributed by atoms with Crippen molar-refractivity contribution in [3.63, 3.8) is 0 Å². The van der Waals surface area contributed by atoms with Crippen LogP contribution in [0.2, 0.25) is 0 Å². The van der Waals surface area contributed by atoms with E-state index in [1.165, 1.54) is 308 Å². The molecule has 0 radical (unpaired) electrons. The molecule has 0 aliphatic rings. The summed E-state index contributed by atoms with van der Waals surface area (Å²) in [5, 5.41) is 0. The number of unbranched alkanes of at least 4 members (excludes halogenated alkanes) is 48. The molecule has 0 saturated carbocycles. The van der Waals surface area contributed by atoms with Crippen LogP contribution in [0, 0.1) is 0 Å². The van der Waals surface area contributed by atoms with Gasteiger partial charge in [-0.3, -0.25) is 0 Å². The summed E-state index contributed by atoms with van der Waals surface area (Å²) in [5.41, 5.74) is 1.96. The van der Waals surface area contributed by atoms with Gasteiger partial charge >= 0.3 is 23.9 Å². The van der Waals surface area contributed by atoms with Gasteiger partial charge in [-0.05, 0) is 53.4 Å². The summed E-state index contributed by atoms with van der Waals surface area (Å²) in [7, 11) is 0.